The standard InChI is InChI=1S/C13H18N4O/c18-9-10-7-13(17-5-3-14-4-6-17)11-1-2-15-8-12(11)16-10/h7,9,14-15H,1-6,8H2. The molecule has 5 nitrogen and oxygen atoms in total. The molecule has 1 fully saturated rings. The van der Waals surface area contributed by atoms with Gasteiger partial charge >= 0.3 is 0 Å². The van der Waals surface area contributed by atoms with Crippen molar-refractivity contribution in [2.75, 3.05) is 37.6 Å². The van der Waals surface area contributed by atoms with E-state index in [4.69, 9.17) is 0 Å². The number of rotatable bonds is 2. The molecule has 1 aromatic heterocycles. The molecule has 2 aliphatic heterocycles. The van der Waals surface area contributed by atoms with Crippen LogP contribution >= 0.6 is 0 Å². The van der Waals surface area contributed by atoms with E-state index in [-0.39, 0.29) is 0 Å². The van der Waals surface area contributed by atoms with Crippen molar-refractivity contribution >= 4 is 12.0 Å². The third kappa shape index (κ3) is 2.11. The summed E-state index contributed by atoms with van der Waals surface area (Å²) < 4.78 is 0. The van der Waals surface area contributed by atoms with E-state index >= 15 is 0 Å². The van der Waals surface area contributed by atoms with E-state index in [1.807, 2.05) is 6.07 Å². The van der Waals surface area contributed by atoms with E-state index < -0.39 is 0 Å². The van der Waals surface area contributed by atoms with Gasteiger partial charge in [0.2, 0.25) is 0 Å². The molecule has 0 radical (unpaired) electrons. The molecule has 2 N–H and O–H groups in total. The first-order chi connectivity index (χ1) is 8.88. The zero-order valence-corrected chi connectivity index (χ0v) is 10.4. The highest BCUT2D eigenvalue weighted by Crippen LogP contribution is 2.26. The summed E-state index contributed by atoms with van der Waals surface area (Å²) in [4.78, 5) is 17.8. The van der Waals surface area contributed by atoms with Crippen LogP contribution in [-0.4, -0.2) is 44.0 Å². The second-order valence-electron chi connectivity index (χ2n) is 4.77. The van der Waals surface area contributed by atoms with Gasteiger partial charge in [0, 0.05) is 38.4 Å². The minimum atomic E-state index is 0.547. The van der Waals surface area contributed by atoms with Crippen LogP contribution in [0.15, 0.2) is 6.07 Å². The van der Waals surface area contributed by atoms with Gasteiger partial charge in [-0.05, 0) is 24.6 Å². The molecule has 5 heteroatoms. The second kappa shape index (κ2) is 5.04. The van der Waals surface area contributed by atoms with Crippen LogP contribution < -0.4 is 15.5 Å². The molecule has 1 saturated heterocycles. The summed E-state index contributed by atoms with van der Waals surface area (Å²) in [5.41, 5.74) is 4.12. The number of fused-ring (bicyclic) bond motifs is 1. The van der Waals surface area contributed by atoms with Crippen LogP contribution in [0.2, 0.25) is 0 Å². The average Bonchev–Trinajstić information content (AvgIpc) is 2.47. The molecule has 0 aliphatic carbocycles. The highest BCUT2D eigenvalue weighted by molar-refractivity contribution is 5.76. The van der Waals surface area contributed by atoms with Crippen molar-refractivity contribution in [2.45, 2.75) is 13.0 Å². The molecule has 0 amide bonds. The molecule has 3 heterocycles. The smallest absolute Gasteiger partial charge is 0.168 e. The Bertz CT molecular complexity index is 455. The van der Waals surface area contributed by atoms with Gasteiger partial charge in [-0.2, -0.15) is 0 Å². The molecule has 2 aliphatic rings. The third-order valence-electron chi connectivity index (χ3n) is 3.63. The van der Waals surface area contributed by atoms with Crippen LogP contribution in [0.25, 0.3) is 0 Å². The molecule has 0 atom stereocenters. The molecule has 0 spiro atoms. The zero-order chi connectivity index (χ0) is 12.4. The lowest BCUT2D eigenvalue weighted by molar-refractivity contribution is 0.111. The number of aldehydes is 1. The van der Waals surface area contributed by atoms with Crippen molar-refractivity contribution in [3.05, 3.63) is 23.0 Å². The number of aromatic nitrogens is 1. The maximum atomic E-state index is 11.0. The Morgan fingerprint density at radius 3 is 2.83 bits per heavy atom. The molecule has 18 heavy (non-hydrogen) atoms. The van der Waals surface area contributed by atoms with Crippen molar-refractivity contribution in [1.82, 2.24) is 15.6 Å². The first-order valence-corrected chi connectivity index (χ1v) is 6.53. The predicted octanol–water partition coefficient (Wildman–Crippen LogP) is -0.0506. The van der Waals surface area contributed by atoms with Crippen molar-refractivity contribution in [3.8, 4) is 0 Å². The third-order valence-corrected chi connectivity index (χ3v) is 3.63. The fourth-order valence-electron chi connectivity index (χ4n) is 2.72. The molecular formula is C13H18N4O. The molecule has 0 aromatic carbocycles. The Morgan fingerprint density at radius 2 is 2.06 bits per heavy atom. The molecule has 3 rings (SSSR count). The summed E-state index contributed by atoms with van der Waals surface area (Å²) in [6.45, 7) is 5.78. The van der Waals surface area contributed by atoms with Crippen molar-refractivity contribution < 1.29 is 4.79 Å². The van der Waals surface area contributed by atoms with Gasteiger partial charge in [-0.15, -0.1) is 0 Å². The highest BCUT2D eigenvalue weighted by atomic mass is 16.1. The van der Waals surface area contributed by atoms with Crippen molar-refractivity contribution in [2.24, 2.45) is 0 Å². The first-order valence-electron chi connectivity index (χ1n) is 6.53. The predicted molar refractivity (Wildman–Crippen MR) is 70.1 cm³/mol. The Hall–Kier alpha value is -1.46. The van der Waals surface area contributed by atoms with Crippen molar-refractivity contribution in [1.29, 1.82) is 0 Å². The summed E-state index contributed by atoms with van der Waals surface area (Å²) in [5.74, 6) is 0. The SMILES string of the molecule is O=Cc1cc(N2CCNCC2)c2c(n1)CNCC2. The van der Waals surface area contributed by atoms with Gasteiger partial charge in [0.25, 0.3) is 0 Å². The summed E-state index contributed by atoms with van der Waals surface area (Å²) in [7, 11) is 0. The Kier molecular flexibility index (Phi) is 3.25. The Balaban J connectivity index is 2.02. The van der Waals surface area contributed by atoms with E-state index in [0.29, 0.717) is 5.69 Å². The maximum Gasteiger partial charge on any atom is 0.168 e. The van der Waals surface area contributed by atoms with E-state index in [9.17, 15) is 4.79 Å². The summed E-state index contributed by atoms with van der Waals surface area (Å²) in [5, 5.41) is 6.67. The fraction of sp³-hybridized carbons (Fsp3) is 0.538. The topological polar surface area (TPSA) is 57.3 Å². The quantitative estimate of drug-likeness (QED) is 0.717. The zero-order valence-electron chi connectivity index (χ0n) is 10.4. The lowest BCUT2D eigenvalue weighted by atomic mass is 10.0. The number of nitrogens with zero attached hydrogens (tertiary/aromatic N) is 2. The van der Waals surface area contributed by atoms with Gasteiger partial charge in [0.05, 0.1) is 5.69 Å². The Labute approximate surface area is 107 Å². The number of piperazine rings is 1. The van der Waals surface area contributed by atoms with Gasteiger partial charge in [-0.3, -0.25) is 4.79 Å². The maximum absolute atomic E-state index is 11.0. The number of anilines is 1. The Morgan fingerprint density at radius 1 is 1.22 bits per heavy atom. The lowest BCUT2D eigenvalue weighted by Gasteiger charge is -2.33. The highest BCUT2D eigenvalue weighted by Gasteiger charge is 2.20. The largest absolute Gasteiger partial charge is 0.369 e. The minimum Gasteiger partial charge on any atom is -0.369 e. The fourth-order valence-corrected chi connectivity index (χ4v) is 2.72. The summed E-state index contributed by atoms with van der Waals surface area (Å²) in [6, 6.07) is 1.95. The normalized spacial score (nSPS) is 19.4. The van der Waals surface area contributed by atoms with Gasteiger partial charge in [-0.1, -0.05) is 0 Å². The number of hydrogen-bond acceptors (Lipinski definition) is 5. The van der Waals surface area contributed by atoms with Crippen LogP contribution in [-0.2, 0) is 13.0 Å². The summed E-state index contributed by atoms with van der Waals surface area (Å²) in [6.07, 6.45) is 1.85. The van der Waals surface area contributed by atoms with E-state index in [2.05, 4.69) is 20.5 Å². The van der Waals surface area contributed by atoms with Crippen LogP contribution in [0.5, 0.6) is 0 Å². The average molecular weight is 246 g/mol. The van der Waals surface area contributed by atoms with Crippen molar-refractivity contribution in [3.63, 3.8) is 0 Å². The van der Waals surface area contributed by atoms with Crippen LogP contribution in [0.3, 0.4) is 0 Å². The monoisotopic (exact) mass is 246 g/mol. The molecule has 1 aromatic rings. The number of carbonyl (C=O) groups is 1. The van der Waals surface area contributed by atoms with E-state index in [0.717, 1.165) is 57.7 Å². The molecule has 96 valence electrons. The van der Waals surface area contributed by atoms with Gasteiger partial charge in [-0.25, -0.2) is 4.98 Å². The van der Waals surface area contributed by atoms with Crippen LogP contribution in [0.4, 0.5) is 5.69 Å². The van der Waals surface area contributed by atoms with Crippen LogP contribution in [0, 0.1) is 0 Å². The number of carbonyl (C=O) groups excluding carboxylic acids is 1. The van der Waals surface area contributed by atoms with Gasteiger partial charge < -0.3 is 15.5 Å². The molecule has 0 unspecified atom stereocenters. The van der Waals surface area contributed by atoms with Gasteiger partial charge in [0.15, 0.2) is 6.29 Å². The number of nitrogens with one attached hydrogen (secondary N) is 2. The van der Waals surface area contributed by atoms with Crippen LogP contribution in [0.1, 0.15) is 21.7 Å². The second-order valence-corrected chi connectivity index (χ2v) is 4.77. The molecule has 0 saturated carbocycles. The van der Waals surface area contributed by atoms with Gasteiger partial charge in [0.1, 0.15) is 5.69 Å². The summed E-state index contributed by atoms with van der Waals surface area (Å²) >= 11 is 0. The lowest BCUT2D eigenvalue weighted by Crippen LogP contribution is -2.44. The molecule has 0 bridgehead atoms. The number of pyridine rings is 1. The molecular weight excluding hydrogens is 228 g/mol. The first kappa shape index (κ1) is 11.6. The number of hydrogen-bond donors (Lipinski definition) is 2. The van der Waals surface area contributed by atoms with E-state index in [1.165, 1.54) is 11.3 Å². The minimum absolute atomic E-state index is 0.547. The van der Waals surface area contributed by atoms with E-state index in [1.54, 1.807) is 0 Å².